The summed E-state index contributed by atoms with van der Waals surface area (Å²) in [5, 5.41) is 11.8. The molecule has 38 heavy (non-hydrogen) atoms. The first-order valence-electron chi connectivity index (χ1n) is 14.1. The van der Waals surface area contributed by atoms with Crippen LogP contribution in [0, 0.1) is 35.0 Å². The summed E-state index contributed by atoms with van der Waals surface area (Å²) in [5.74, 6) is 0.624. The number of allylic oxidation sites excluding steroid dienone is 1. The van der Waals surface area contributed by atoms with E-state index in [1.807, 2.05) is 26.0 Å². The Morgan fingerprint density at radius 2 is 1.84 bits per heavy atom. The number of hydrogen-bond donors (Lipinski definition) is 1. The smallest absolute Gasteiger partial charge is 0.190 e. The summed E-state index contributed by atoms with van der Waals surface area (Å²) in [6, 6.07) is 12.3. The van der Waals surface area contributed by atoms with Crippen LogP contribution in [0.1, 0.15) is 82.8 Å². The molecule has 0 aliphatic heterocycles. The summed E-state index contributed by atoms with van der Waals surface area (Å²) in [6.45, 7) is 17.0. The number of Topliss-reactive ketones (excluding diaryl/α,β-unsaturated/α-hetero) is 2. The van der Waals surface area contributed by atoms with E-state index < -0.39 is 17.4 Å². The highest BCUT2D eigenvalue weighted by Gasteiger charge is 2.65. The lowest BCUT2D eigenvalue weighted by Gasteiger charge is -2.64. The Morgan fingerprint density at radius 1 is 1.13 bits per heavy atom. The number of aliphatic hydroxyl groups excluding tert-OH is 1. The zero-order valence-electron chi connectivity index (χ0n) is 24.2. The molecule has 3 aliphatic rings. The van der Waals surface area contributed by atoms with Crippen LogP contribution in [0.4, 0.5) is 0 Å². The normalized spacial score (nSPS) is 34.3. The molecule has 0 radical (unpaired) electrons. The number of carbonyl (C=O) groups excluding carboxylic acids is 2. The number of benzene rings is 2. The number of ketones is 2. The minimum Gasteiger partial charge on any atom is -0.494 e. The quantitative estimate of drug-likeness (QED) is 0.471. The summed E-state index contributed by atoms with van der Waals surface area (Å²) in [5.41, 5.74) is 5.62. The third-order valence-corrected chi connectivity index (χ3v) is 10.6. The Morgan fingerprint density at radius 3 is 2.50 bits per heavy atom. The van der Waals surface area contributed by atoms with Crippen molar-refractivity contribution in [3.63, 3.8) is 0 Å². The lowest BCUT2D eigenvalue weighted by atomic mass is 9.40. The molecular formula is C34H42O4. The predicted molar refractivity (Wildman–Crippen MR) is 151 cm³/mol. The van der Waals surface area contributed by atoms with Gasteiger partial charge in [0.05, 0.1) is 12.7 Å². The van der Waals surface area contributed by atoms with E-state index in [2.05, 4.69) is 58.9 Å². The van der Waals surface area contributed by atoms with Crippen molar-refractivity contribution >= 4 is 11.6 Å². The third-order valence-electron chi connectivity index (χ3n) is 10.6. The Bertz CT molecular complexity index is 1370. The number of rotatable bonds is 4. The average molecular weight is 515 g/mol. The maximum absolute atomic E-state index is 14.5. The third kappa shape index (κ3) is 3.59. The molecule has 3 aliphatic carbocycles. The van der Waals surface area contributed by atoms with Crippen LogP contribution in [0.5, 0.6) is 5.75 Å². The minimum atomic E-state index is -0.811. The molecular weight excluding hydrogens is 472 g/mol. The maximum atomic E-state index is 14.5. The van der Waals surface area contributed by atoms with Crippen LogP contribution in [-0.2, 0) is 11.2 Å². The first-order valence-corrected chi connectivity index (χ1v) is 14.1. The summed E-state index contributed by atoms with van der Waals surface area (Å²) < 4.78 is 5.78. The van der Waals surface area contributed by atoms with E-state index in [0.717, 1.165) is 64.0 Å². The first-order chi connectivity index (χ1) is 17.8. The van der Waals surface area contributed by atoms with Gasteiger partial charge in [-0.3, -0.25) is 9.59 Å². The lowest BCUT2D eigenvalue weighted by Crippen LogP contribution is -2.62. The van der Waals surface area contributed by atoms with Crippen molar-refractivity contribution in [2.45, 2.75) is 80.8 Å². The second-order valence-electron chi connectivity index (χ2n) is 13.0. The number of aliphatic hydroxyl groups is 1. The van der Waals surface area contributed by atoms with Gasteiger partial charge in [-0.2, -0.15) is 0 Å². The molecule has 0 heterocycles. The average Bonchev–Trinajstić information content (AvgIpc) is 2.81. The van der Waals surface area contributed by atoms with Crippen LogP contribution >= 0.6 is 0 Å². The van der Waals surface area contributed by atoms with Gasteiger partial charge in [0, 0.05) is 27.9 Å². The van der Waals surface area contributed by atoms with Crippen molar-refractivity contribution in [1.82, 2.24) is 0 Å². The molecule has 0 aromatic heterocycles. The number of ether oxygens (including phenoxy) is 1. The molecule has 6 atom stereocenters. The zero-order chi connectivity index (χ0) is 27.8. The molecule has 0 spiro atoms. The molecule has 2 aromatic rings. The largest absolute Gasteiger partial charge is 0.494 e. The van der Waals surface area contributed by atoms with Crippen LogP contribution in [0.3, 0.4) is 0 Å². The van der Waals surface area contributed by atoms with Crippen molar-refractivity contribution in [3.05, 3.63) is 64.2 Å². The number of hydrogen-bond acceptors (Lipinski definition) is 4. The summed E-state index contributed by atoms with van der Waals surface area (Å²) in [4.78, 5) is 27.2. The Kier molecular flexibility index (Phi) is 6.30. The zero-order valence-corrected chi connectivity index (χ0v) is 24.2. The van der Waals surface area contributed by atoms with Crippen LogP contribution in [0.15, 0.2) is 47.5 Å². The number of fused-ring (bicyclic) bond motifs is 3. The van der Waals surface area contributed by atoms with Gasteiger partial charge in [0.1, 0.15) is 11.5 Å². The Balaban J connectivity index is 1.72. The van der Waals surface area contributed by atoms with Gasteiger partial charge in [0.15, 0.2) is 5.78 Å². The molecule has 0 amide bonds. The van der Waals surface area contributed by atoms with E-state index >= 15 is 0 Å². The van der Waals surface area contributed by atoms with Crippen molar-refractivity contribution < 1.29 is 19.4 Å². The predicted octanol–water partition coefficient (Wildman–Crippen LogP) is 7.14. The molecule has 1 fully saturated rings. The Labute approximate surface area is 227 Å². The van der Waals surface area contributed by atoms with Gasteiger partial charge in [-0.05, 0) is 92.7 Å². The van der Waals surface area contributed by atoms with Crippen LogP contribution in [-0.4, -0.2) is 29.4 Å². The van der Waals surface area contributed by atoms with Crippen molar-refractivity contribution in [2.24, 2.45) is 28.1 Å². The monoisotopic (exact) mass is 514 g/mol. The van der Waals surface area contributed by atoms with Gasteiger partial charge in [-0.15, -0.1) is 0 Å². The standard InChI is InChI=1S/C34H42O4/c1-9-38-24-12-10-11-23(15-24)25-14-13-19(2)28-26(25)17-32(6)18-33(7)16-20(3)27(22(5)35)31(37)34(33,8)21(4)29(32)30(28)36/h10-15,20,27,31,37H,9,16-18H2,1-8H3. The molecule has 6 unspecified atom stereocenters. The fourth-order valence-corrected chi connectivity index (χ4v) is 8.86. The number of carbonyl (C=O) groups is 2. The summed E-state index contributed by atoms with van der Waals surface area (Å²) >= 11 is 0. The van der Waals surface area contributed by atoms with Crippen LogP contribution in [0.2, 0.25) is 0 Å². The summed E-state index contributed by atoms with van der Waals surface area (Å²) in [7, 11) is 0. The second kappa shape index (κ2) is 8.91. The molecule has 1 saturated carbocycles. The molecule has 202 valence electrons. The Hall–Kier alpha value is -2.72. The van der Waals surface area contributed by atoms with Crippen LogP contribution < -0.4 is 4.74 Å². The first kappa shape index (κ1) is 26.9. The highest BCUT2D eigenvalue weighted by Crippen LogP contribution is 2.68. The van der Waals surface area contributed by atoms with Gasteiger partial charge >= 0.3 is 0 Å². The molecule has 1 N–H and O–H groups in total. The fourth-order valence-electron chi connectivity index (χ4n) is 8.86. The molecule has 0 saturated heterocycles. The molecule has 4 nitrogen and oxygen atoms in total. The van der Waals surface area contributed by atoms with Crippen molar-refractivity contribution in [2.75, 3.05) is 6.61 Å². The van der Waals surface area contributed by atoms with Crippen molar-refractivity contribution in [3.8, 4) is 16.9 Å². The van der Waals surface area contributed by atoms with Crippen molar-refractivity contribution in [1.29, 1.82) is 0 Å². The van der Waals surface area contributed by atoms with E-state index in [1.54, 1.807) is 6.92 Å². The summed E-state index contributed by atoms with van der Waals surface area (Å²) in [6.07, 6.45) is 1.60. The lowest BCUT2D eigenvalue weighted by molar-refractivity contribution is -0.160. The van der Waals surface area contributed by atoms with Gasteiger partial charge in [0.2, 0.25) is 0 Å². The van der Waals surface area contributed by atoms with E-state index in [9.17, 15) is 14.7 Å². The maximum Gasteiger partial charge on any atom is 0.190 e. The van der Waals surface area contributed by atoms with E-state index in [0.29, 0.717) is 6.61 Å². The number of aryl methyl sites for hydroxylation is 1. The highest BCUT2D eigenvalue weighted by atomic mass is 16.5. The van der Waals surface area contributed by atoms with Gasteiger partial charge in [-0.25, -0.2) is 0 Å². The molecule has 5 rings (SSSR count). The molecule has 0 bridgehead atoms. The highest BCUT2D eigenvalue weighted by molar-refractivity contribution is 6.14. The van der Waals surface area contributed by atoms with Gasteiger partial charge in [0.25, 0.3) is 0 Å². The van der Waals surface area contributed by atoms with Gasteiger partial charge in [-0.1, -0.05) is 57.5 Å². The topological polar surface area (TPSA) is 63.6 Å². The minimum absolute atomic E-state index is 0.0366. The van der Waals surface area contributed by atoms with E-state index in [-0.39, 0.29) is 28.3 Å². The van der Waals surface area contributed by atoms with E-state index in [1.165, 1.54) is 0 Å². The molecule has 4 heteroatoms. The fraction of sp³-hybridized carbons (Fsp3) is 0.529. The molecule has 2 aromatic carbocycles. The van der Waals surface area contributed by atoms with Crippen LogP contribution in [0.25, 0.3) is 11.1 Å². The van der Waals surface area contributed by atoms with E-state index in [4.69, 9.17) is 4.74 Å². The SMILES string of the molecule is CCOc1cccc(-c2ccc(C)c3c2CC2(C)CC4(C)CC(C)C(C(C)=O)C(O)C4(C)C(C)=C2C3=O)c1. The van der Waals surface area contributed by atoms with Gasteiger partial charge < -0.3 is 9.84 Å². The second-order valence-corrected chi connectivity index (χ2v) is 13.0.